The smallest absolute Gasteiger partial charge is 0.348 e. The number of ether oxygens (including phenoxy) is 2. The van der Waals surface area contributed by atoms with E-state index >= 15 is 0 Å². The number of furan rings is 1. The molecule has 0 aliphatic heterocycles. The second-order valence-electron chi connectivity index (χ2n) is 6.36. The number of rotatable bonds is 5. The maximum Gasteiger partial charge on any atom is 0.348 e. The summed E-state index contributed by atoms with van der Waals surface area (Å²) >= 11 is 0. The molecule has 30 heavy (non-hydrogen) atoms. The van der Waals surface area contributed by atoms with Crippen molar-refractivity contribution in [3.05, 3.63) is 71.9 Å². The molecule has 0 spiro atoms. The van der Waals surface area contributed by atoms with Crippen LogP contribution >= 0.6 is 0 Å². The zero-order chi connectivity index (χ0) is 21.1. The first-order valence-electron chi connectivity index (χ1n) is 9.06. The Balaban J connectivity index is 1.92. The number of nitrogens with zero attached hydrogens (tertiary/aromatic N) is 3. The molecule has 0 unspecified atom stereocenters. The number of fused-ring (bicyclic) bond motifs is 1. The lowest BCUT2D eigenvalue weighted by Crippen LogP contribution is -2.02. The Hall–Kier alpha value is -4.31. The van der Waals surface area contributed by atoms with Crippen LogP contribution < -0.4 is 4.74 Å². The molecule has 7 heteroatoms. The van der Waals surface area contributed by atoms with E-state index in [4.69, 9.17) is 13.9 Å². The minimum Gasteiger partial charge on any atom is -0.493 e. The summed E-state index contributed by atoms with van der Waals surface area (Å²) < 4.78 is 17.8. The largest absolute Gasteiger partial charge is 0.493 e. The van der Waals surface area contributed by atoms with Gasteiger partial charge in [0.05, 0.1) is 19.9 Å². The van der Waals surface area contributed by atoms with Gasteiger partial charge in [-0.2, -0.15) is 10.4 Å². The molecule has 0 aliphatic carbocycles. The van der Waals surface area contributed by atoms with Crippen LogP contribution in [0.25, 0.3) is 34.2 Å². The molecule has 0 amide bonds. The summed E-state index contributed by atoms with van der Waals surface area (Å²) in [6.45, 7) is 0. The summed E-state index contributed by atoms with van der Waals surface area (Å²) in [7, 11) is 2.80. The molecule has 4 aromatic rings. The Labute approximate surface area is 172 Å². The second-order valence-corrected chi connectivity index (χ2v) is 6.36. The number of esters is 1. The molecule has 148 valence electrons. The van der Waals surface area contributed by atoms with Crippen molar-refractivity contribution in [2.45, 2.75) is 0 Å². The number of hydrogen-bond acceptors (Lipinski definition) is 6. The highest BCUT2D eigenvalue weighted by Gasteiger charge is 2.19. The number of hydrogen-bond donors (Lipinski definition) is 0. The van der Waals surface area contributed by atoms with Gasteiger partial charge < -0.3 is 13.9 Å². The first kappa shape index (κ1) is 19.0. The SMILES string of the molecule is COC(=O)C(C#N)=Cc1cn(-c2ccccc2)nc1-c1cc2cccc(OC)c2o1. The van der Waals surface area contributed by atoms with Crippen molar-refractivity contribution in [1.29, 1.82) is 5.26 Å². The van der Waals surface area contributed by atoms with E-state index in [0.717, 1.165) is 11.1 Å². The molecule has 0 bridgehead atoms. The van der Waals surface area contributed by atoms with Gasteiger partial charge in [0.15, 0.2) is 17.1 Å². The van der Waals surface area contributed by atoms with Crippen LogP contribution in [0.3, 0.4) is 0 Å². The van der Waals surface area contributed by atoms with E-state index in [1.807, 2.05) is 60.7 Å². The Morgan fingerprint density at radius 1 is 1.17 bits per heavy atom. The van der Waals surface area contributed by atoms with Crippen molar-refractivity contribution in [3.8, 4) is 29.0 Å². The van der Waals surface area contributed by atoms with Gasteiger partial charge in [-0.3, -0.25) is 0 Å². The van der Waals surface area contributed by atoms with Gasteiger partial charge in [-0.25, -0.2) is 9.48 Å². The highest BCUT2D eigenvalue weighted by atomic mass is 16.5. The Bertz CT molecular complexity index is 1290. The molecule has 0 N–H and O–H groups in total. The van der Waals surface area contributed by atoms with E-state index in [2.05, 4.69) is 5.10 Å². The van der Waals surface area contributed by atoms with Gasteiger partial charge in [0.25, 0.3) is 0 Å². The van der Waals surface area contributed by atoms with Crippen LogP contribution in [0.15, 0.2) is 70.8 Å². The Kier molecular flexibility index (Phi) is 5.06. The second kappa shape index (κ2) is 7.97. The number of carbonyl (C=O) groups excluding carboxylic acids is 1. The van der Waals surface area contributed by atoms with Gasteiger partial charge in [0, 0.05) is 17.1 Å². The zero-order valence-corrected chi connectivity index (χ0v) is 16.3. The van der Waals surface area contributed by atoms with Gasteiger partial charge >= 0.3 is 5.97 Å². The van der Waals surface area contributed by atoms with Crippen LogP contribution in [0.5, 0.6) is 5.75 Å². The normalized spacial score (nSPS) is 11.3. The van der Waals surface area contributed by atoms with E-state index < -0.39 is 5.97 Å². The number of nitriles is 1. The summed E-state index contributed by atoms with van der Waals surface area (Å²) in [5.41, 5.74) is 2.30. The minimum atomic E-state index is -0.720. The van der Waals surface area contributed by atoms with Crippen LogP contribution in [-0.2, 0) is 9.53 Å². The van der Waals surface area contributed by atoms with Gasteiger partial charge in [0.1, 0.15) is 17.3 Å². The fraction of sp³-hybridized carbons (Fsp3) is 0.0870. The molecule has 7 nitrogen and oxygen atoms in total. The number of para-hydroxylation sites is 2. The Morgan fingerprint density at radius 2 is 1.97 bits per heavy atom. The maximum absolute atomic E-state index is 11.9. The van der Waals surface area contributed by atoms with E-state index in [-0.39, 0.29) is 5.57 Å². The summed E-state index contributed by atoms with van der Waals surface area (Å²) in [5, 5.41) is 14.9. The van der Waals surface area contributed by atoms with Crippen molar-refractivity contribution >= 4 is 23.0 Å². The lowest BCUT2D eigenvalue weighted by Gasteiger charge is -1.99. The van der Waals surface area contributed by atoms with E-state index in [1.165, 1.54) is 13.2 Å². The third-order valence-electron chi connectivity index (χ3n) is 4.55. The molecular formula is C23H17N3O4. The average molecular weight is 399 g/mol. The monoisotopic (exact) mass is 399 g/mol. The van der Waals surface area contributed by atoms with Crippen molar-refractivity contribution in [3.63, 3.8) is 0 Å². The highest BCUT2D eigenvalue weighted by molar-refractivity contribution is 5.99. The van der Waals surface area contributed by atoms with Crippen molar-refractivity contribution in [2.24, 2.45) is 0 Å². The molecule has 2 aromatic heterocycles. The molecule has 0 saturated carbocycles. The van der Waals surface area contributed by atoms with Gasteiger partial charge in [-0.1, -0.05) is 30.3 Å². The quantitative estimate of drug-likeness (QED) is 0.281. The van der Waals surface area contributed by atoms with Crippen LogP contribution in [0.4, 0.5) is 0 Å². The Morgan fingerprint density at radius 3 is 2.67 bits per heavy atom. The van der Waals surface area contributed by atoms with Gasteiger partial charge in [-0.15, -0.1) is 0 Å². The number of aromatic nitrogens is 2. The fourth-order valence-electron chi connectivity index (χ4n) is 3.11. The average Bonchev–Trinajstić information content (AvgIpc) is 3.41. The van der Waals surface area contributed by atoms with Gasteiger partial charge in [0.2, 0.25) is 0 Å². The molecule has 0 radical (unpaired) electrons. The first-order valence-corrected chi connectivity index (χ1v) is 9.06. The molecule has 0 atom stereocenters. The maximum atomic E-state index is 11.9. The van der Waals surface area contributed by atoms with Crippen LogP contribution in [0.2, 0.25) is 0 Å². The number of carbonyl (C=O) groups is 1. The summed E-state index contributed by atoms with van der Waals surface area (Å²) in [6.07, 6.45) is 3.17. The molecule has 2 aromatic carbocycles. The molecule has 0 saturated heterocycles. The van der Waals surface area contributed by atoms with Gasteiger partial charge in [-0.05, 0) is 30.3 Å². The van der Waals surface area contributed by atoms with Crippen LogP contribution in [-0.4, -0.2) is 30.0 Å². The molecule has 0 aliphatic rings. The topological polar surface area (TPSA) is 90.3 Å². The predicted molar refractivity (Wildman–Crippen MR) is 111 cm³/mol. The highest BCUT2D eigenvalue weighted by Crippen LogP contribution is 2.35. The number of benzene rings is 2. The van der Waals surface area contributed by atoms with Crippen molar-refractivity contribution < 1.29 is 18.7 Å². The zero-order valence-electron chi connectivity index (χ0n) is 16.3. The third-order valence-corrected chi connectivity index (χ3v) is 4.55. The lowest BCUT2D eigenvalue weighted by atomic mass is 10.1. The predicted octanol–water partition coefficient (Wildman–Crippen LogP) is 4.37. The standard InChI is InChI=1S/C23H17N3O4/c1-28-19-10-6-7-15-12-20(30-22(15)19)21-17(11-16(13-24)23(27)29-2)14-26(25-21)18-8-4-3-5-9-18/h3-12,14H,1-2H3. The van der Waals surface area contributed by atoms with Crippen LogP contribution in [0.1, 0.15) is 5.56 Å². The molecule has 2 heterocycles. The van der Waals surface area contributed by atoms with Crippen molar-refractivity contribution in [2.75, 3.05) is 14.2 Å². The number of methoxy groups -OCH3 is 2. The third kappa shape index (κ3) is 3.42. The molecular weight excluding hydrogens is 382 g/mol. The molecule has 0 fully saturated rings. The van der Waals surface area contributed by atoms with E-state index in [9.17, 15) is 10.1 Å². The van der Waals surface area contributed by atoms with E-state index in [1.54, 1.807) is 18.0 Å². The lowest BCUT2D eigenvalue weighted by molar-refractivity contribution is -0.135. The summed E-state index contributed by atoms with van der Waals surface area (Å²) in [6, 6.07) is 18.8. The van der Waals surface area contributed by atoms with Crippen LogP contribution in [0, 0.1) is 11.3 Å². The molecule has 4 rings (SSSR count). The first-order chi connectivity index (χ1) is 14.6. The minimum absolute atomic E-state index is 0.139. The van der Waals surface area contributed by atoms with E-state index in [0.29, 0.717) is 28.4 Å². The summed E-state index contributed by atoms with van der Waals surface area (Å²) in [5.74, 6) is 0.366. The fourth-order valence-corrected chi connectivity index (χ4v) is 3.11. The summed E-state index contributed by atoms with van der Waals surface area (Å²) in [4.78, 5) is 11.9. The van der Waals surface area contributed by atoms with Crippen molar-refractivity contribution in [1.82, 2.24) is 9.78 Å².